The fourth-order valence-corrected chi connectivity index (χ4v) is 5.41. The monoisotopic (exact) mass is 370 g/mol. The molecule has 2 bridgehead atoms. The highest BCUT2D eigenvalue weighted by Crippen LogP contribution is 2.41. The van der Waals surface area contributed by atoms with Gasteiger partial charge < -0.3 is 14.9 Å². The van der Waals surface area contributed by atoms with E-state index in [1.807, 2.05) is 0 Å². The van der Waals surface area contributed by atoms with Crippen molar-refractivity contribution in [3.8, 4) is 0 Å². The van der Waals surface area contributed by atoms with Crippen molar-refractivity contribution in [2.75, 3.05) is 26.2 Å². The zero-order valence-corrected chi connectivity index (χ0v) is 16.2. The molecule has 1 aliphatic carbocycles. The van der Waals surface area contributed by atoms with Crippen LogP contribution in [0.4, 0.5) is 0 Å². The molecule has 3 saturated heterocycles. The van der Waals surface area contributed by atoms with Crippen LogP contribution in [0.25, 0.3) is 0 Å². The molecule has 3 fully saturated rings. The van der Waals surface area contributed by atoms with Crippen LogP contribution < -0.4 is 0 Å². The van der Waals surface area contributed by atoms with Gasteiger partial charge in [-0.15, -0.1) is 0 Å². The Morgan fingerprint density at radius 1 is 1.19 bits per heavy atom. The second-order valence-corrected chi connectivity index (χ2v) is 8.38. The van der Waals surface area contributed by atoms with Crippen molar-refractivity contribution in [2.24, 2.45) is 5.92 Å². The van der Waals surface area contributed by atoms with E-state index in [4.69, 9.17) is 5.11 Å². The van der Waals surface area contributed by atoms with Gasteiger partial charge in [-0.25, -0.2) is 0 Å². The second kappa shape index (κ2) is 7.63. The van der Waals surface area contributed by atoms with Crippen LogP contribution in [0.5, 0.6) is 0 Å². The van der Waals surface area contributed by atoms with Crippen LogP contribution in [0.1, 0.15) is 66.4 Å². The van der Waals surface area contributed by atoms with E-state index >= 15 is 0 Å². The van der Waals surface area contributed by atoms with Gasteiger partial charge in [-0.3, -0.25) is 9.59 Å². The molecule has 6 rings (SSSR count). The minimum atomic E-state index is -0.745. The lowest BCUT2D eigenvalue weighted by atomic mass is 9.75. The van der Waals surface area contributed by atoms with Gasteiger partial charge in [0.25, 0.3) is 5.91 Å². The third-order valence-corrected chi connectivity index (χ3v) is 6.84. The molecule has 2 atom stereocenters. The van der Waals surface area contributed by atoms with E-state index in [9.17, 15) is 9.59 Å². The summed E-state index contributed by atoms with van der Waals surface area (Å²) in [6, 6.07) is 6.87. The molecule has 5 heteroatoms. The van der Waals surface area contributed by atoms with Crippen LogP contribution in [-0.4, -0.2) is 59.0 Å². The lowest BCUT2D eigenvalue weighted by Crippen LogP contribution is -2.60. The van der Waals surface area contributed by atoms with Crippen LogP contribution >= 0.6 is 0 Å². The summed E-state index contributed by atoms with van der Waals surface area (Å²) < 4.78 is 0. The molecule has 0 saturated carbocycles. The third kappa shape index (κ3) is 3.49. The summed E-state index contributed by atoms with van der Waals surface area (Å²) in [6.45, 7) is 6.17. The van der Waals surface area contributed by atoms with E-state index in [1.165, 1.54) is 49.9 Å². The minimum Gasteiger partial charge on any atom is -0.481 e. The number of carbonyl (C=O) groups excluding carboxylic acids is 1. The second-order valence-electron chi connectivity index (χ2n) is 8.38. The summed E-state index contributed by atoms with van der Waals surface area (Å²) in [4.78, 5) is 27.3. The Kier molecular flexibility index (Phi) is 5.22. The Morgan fingerprint density at radius 2 is 1.93 bits per heavy atom. The Morgan fingerprint density at radius 3 is 2.56 bits per heavy atom. The van der Waals surface area contributed by atoms with E-state index in [0.717, 1.165) is 31.0 Å². The van der Waals surface area contributed by atoms with E-state index < -0.39 is 5.97 Å². The van der Waals surface area contributed by atoms with Crippen molar-refractivity contribution in [1.82, 2.24) is 9.80 Å². The normalized spacial score (nSPS) is 31.0. The first-order chi connectivity index (χ1) is 13.1. The molecular formula is C22H30N2O3. The molecule has 5 nitrogen and oxygen atoms in total. The number of hydrogen-bond acceptors (Lipinski definition) is 3. The molecule has 27 heavy (non-hydrogen) atoms. The largest absolute Gasteiger partial charge is 0.481 e. The van der Waals surface area contributed by atoms with Gasteiger partial charge in [0.2, 0.25) is 0 Å². The average Bonchev–Trinajstić information content (AvgIpc) is 2.72. The topological polar surface area (TPSA) is 60.9 Å². The number of hydrogen-bond donors (Lipinski definition) is 1. The number of aryl methyl sites for hydroxylation is 1. The third-order valence-electron chi connectivity index (χ3n) is 6.84. The van der Waals surface area contributed by atoms with Gasteiger partial charge in [-0.1, -0.05) is 19.1 Å². The SMILES string of the molecule is CCC(=O)O.O=C1c2cccc3c2[C@H](CCC3)CN1[C@@H]1CN2CCC1CC2. The van der Waals surface area contributed by atoms with Crippen LogP contribution in [0.3, 0.4) is 0 Å². The quantitative estimate of drug-likeness (QED) is 0.869. The van der Waals surface area contributed by atoms with Crippen molar-refractivity contribution in [2.45, 2.75) is 57.4 Å². The van der Waals surface area contributed by atoms with Gasteiger partial charge in [0.15, 0.2) is 0 Å². The molecule has 0 aromatic heterocycles. The van der Waals surface area contributed by atoms with Gasteiger partial charge in [-0.05, 0) is 68.3 Å². The van der Waals surface area contributed by atoms with E-state index in [0.29, 0.717) is 17.9 Å². The number of amides is 1. The first-order valence-electron chi connectivity index (χ1n) is 10.5. The zero-order valence-electron chi connectivity index (χ0n) is 16.2. The number of piperidine rings is 3. The highest BCUT2D eigenvalue weighted by atomic mass is 16.4. The molecule has 1 amide bonds. The fraction of sp³-hybridized carbons (Fsp3) is 0.636. The maximum Gasteiger partial charge on any atom is 0.303 e. The van der Waals surface area contributed by atoms with E-state index in [2.05, 4.69) is 28.0 Å². The molecule has 5 aliphatic rings. The van der Waals surface area contributed by atoms with E-state index in [-0.39, 0.29) is 6.42 Å². The lowest BCUT2D eigenvalue weighted by Gasteiger charge is -2.51. The molecule has 4 heterocycles. The van der Waals surface area contributed by atoms with Crippen molar-refractivity contribution in [3.05, 3.63) is 34.9 Å². The standard InChI is InChI=1S/C19H24N2O.C3H6O2/c22-19-16-6-2-4-14-3-1-5-15(18(14)16)11-21(19)17-12-20-9-7-13(17)8-10-20;1-2-3(4)5/h2,4,6,13,15,17H,1,3,5,7-12H2;2H2,1H3,(H,4,5)/t15-,17-;/m1./s1. The number of fused-ring (bicyclic) bond motifs is 3. The Labute approximate surface area is 161 Å². The number of nitrogens with zero attached hydrogens (tertiary/aromatic N) is 2. The van der Waals surface area contributed by atoms with Gasteiger partial charge in [0.05, 0.1) is 0 Å². The molecule has 0 unspecified atom stereocenters. The first-order valence-corrected chi connectivity index (χ1v) is 10.5. The predicted molar refractivity (Wildman–Crippen MR) is 104 cm³/mol. The van der Waals surface area contributed by atoms with Crippen LogP contribution in [0, 0.1) is 5.92 Å². The zero-order chi connectivity index (χ0) is 19.0. The molecular weight excluding hydrogens is 340 g/mol. The number of carboxylic acids is 1. The maximum atomic E-state index is 13.1. The number of rotatable bonds is 2. The molecule has 146 valence electrons. The van der Waals surface area contributed by atoms with Gasteiger partial charge >= 0.3 is 5.97 Å². The van der Waals surface area contributed by atoms with Crippen LogP contribution in [0.15, 0.2) is 18.2 Å². The number of carbonyl (C=O) groups is 2. The van der Waals surface area contributed by atoms with Crippen molar-refractivity contribution in [3.63, 3.8) is 0 Å². The lowest BCUT2D eigenvalue weighted by molar-refractivity contribution is -0.136. The highest BCUT2D eigenvalue weighted by Gasteiger charge is 2.43. The van der Waals surface area contributed by atoms with Gasteiger partial charge in [0.1, 0.15) is 0 Å². The Bertz CT molecular complexity index is 724. The predicted octanol–water partition coefficient (Wildman–Crippen LogP) is 3.14. The smallest absolute Gasteiger partial charge is 0.303 e. The average molecular weight is 370 g/mol. The number of benzene rings is 1. The summed E-state index contributed by atoms with van der Waals surface area (Å²) in [5, 5.41) is 7.72. The number of aliphatic carboxylic acids is 1. The van der Waals surface area contributed by atoms with Crippen LogP contribution in [0.2, 0.25) is 0 Å². The van der Waals surface area contributed by atoms with E-state index in [1.54, 1.807) is 6.92 Å². The van der Waals surface area contributed by atoms with Crippen molar-refractivity contribution >= 4 is 11.9 Å². The molecule has 1 N–H and O–H groups in total. The van der Waals surface area contributed by atoms with Gasteiger partial charge in [0, 0.05) is 37.0 Å². The molecule has 0 spiro atoms. The molecule has 4 aliphatic heterocycles. The van der Waals surface area contributed by atoms with Crippen molar-refractivity contribution in [1.29, 1.82) is 0 Å². The molecule has 1 aromatic carbocycles. The van der Waals surface area contributed by atoms with Crippen LogP contribution in [-0.2, 0) is 11.2 Å². The first kappa shape index (κ1) is 18.5. The maximum absolute atomic E-state index is 13.1. The minimum absolute atomic E-state index is 0.222. The summed E-state index contributed by atoms with van der Waals surface area (Å²) in [7, 11) is 0. The fourth-order valence-electron chi connectivity index (χ4n) is 5.41. The summed E-state index contributed by atoms with van der Waals surface area (Å²) in [5.41, 5.74) is 3.86. The van der Waals surface area contributed by atoms with Crippen molar-refractivity contribution < 1.29 is 14.7 Å². The summed E-state index contributed by atoms with van der Waals surface area (Å²) in [6.07, 6.45) is 6.49. The summed E-state index contributed by atoms with van der Waals surface area (Å²) >= 11 is 0. The molecule has 0 radical (unpaired) electrons. The van der Waals surface area contributed by atoms with Gasteiger partial charge in [-0.2, -0.15) is 0 Å². The highest BCUT2D eigenvalue weighted by molar-refractivity contribution is 5.98. The Hall–Kier alpha value is -1.88. The summed E-state index contributed by atoms with van der Waals surface area (Å²) in [5.74, 6) is 0.897. The Balaban J connectivity index is 0.000000323. The molecule has 1 aromatic rings. The number of carboxylic acid groups (broad SMARTS) is 1.